The van der Waals surface area contributed by atoms with Crippen molar-refractivity contribution in [3.63, 3.8) is 0 Å². The summed E-state index contributed by atoms with van der Waals surface area (Å²) in [7, 11) is 0. The number of hydrogen-bond donors (Lipinski definition) is 2. The van der Waals surface area contributed by atoms with Crippen molar-refractivity contribution in [3.05, 3.63) is 44.0 Å². The van der Waals surface area contributed by atoms with Crippen molar-refractivity contribution >= 4 is 29.4 Å². The molecule has 0 bridgehead atoms. The first-order valence-electron chi connectivity index (χ1n) is 16.0. The van der Waals surface area contributed by atoms with Gasteiger partial charge in [-0.3, -0.25) is 24.0 Å². The van der Waals surface area contributed by atoms with E-state index in [2.05, 4.69) is 15.0 Å². The molecule has 0 saturated heterocycles. The summed E-state index contributed by atoms with van der Waals surface area (Å²) in [5.74, 6) is -3.67. The van der Waals surface area contributed by atoms with E-state index in [0.717, 1.165) is 5.57 Å². The average molecular weight is 680 g/mol. The minimum absolute atomic E-state index is 0.0327. The predicted octanol–water partition coefficient (Wildman–Crippen LogP) is 1.75. The van der Waals surface area contributed by atoms with Crippen molar-refractivity contribution in [1.29, 1.82) is 0 Å². The smallest absolute Gasteiger partial charge is 0.325 e. The highest BCUT2D eigenvalue weighted by atomic mass is 17.0. The summed E-state index contributed by atoms with van der Waals surface area (Å²) in [5, 5.41) is 32.8. The second-order valence-electron chi connectivity index (χ2n) is 13.2. The van der Waals surface area contributed by atoms with Crippen molar-refractivity contribution in [1.82, 2.24) is 5.32 Å². The van der Waals surface area contributed by atoms with Crippen LogP contribution in [0.15, 0.2) is 23.8 Å². The molecule has 0 heterocycles. The Morgan fingerprint density at radius 3 is 2.35 bits per heavy atom. The topological polar surface area (TPSA) is 241 Å². The molecule has 0 aromatic carbocycles. The van der Waals surface area contributed by atoms with E-state index in [1.165, 1.54) is 6.08 Å². The SMILES string of the molecule is C[C@]12C=CC(=O)C=C1CCC1C3CC[C@](OC(=O)CCCO[N+](=O)[O-])(C(=O)COC(=O)CNC(=O)CCCO[N+](=O)[O-])[C@@]3(C)C[C@H](O)[C@@H]12. The first kappa shape index (κ1) is 36.4. The first-order chi connectivity index (χ1) is 22.6. The number of nitrogens with one attached hydrogen (secondary N) is 1. The lowest BCUT2D eigenvalue weighted by atomic mass is 9.46. The molecule has 7 atom stereocenters. The lowest BCUT2D eigenvalue weighted by molar-refractivity contribution is -0.757. The van der Waals surface area contributed by atoms with Crippen LogP contribution in [0, 0.1) is 48.8 Å². The number of allylic oxidation sites excluding steroid dienone is 4. The highest BCUT2D eigenvalue weighted by Crippen LogP contribution is 2.68. The minimum Gasteiger partial charge on any atom is -0.456 e. The number of ether oxygens (including phenoxy) is 2. The van der Waals surface area contributed by atoms with Gasteiger partial charge in [0, 0.05) is 29.6 Å². The Kier molecular flexibility index (Phi) is 11.2. The minimum atomic E-state index is -1.79. The van der Waals surface area contributed by atoms with E-state index < -0.39 is 69.5 Å². The van der Waals surface area contributed by atoms with E-state index in [0.29, 0.717) is 19.3 Å². The molecule has 4 rings (SSSR count). The molecule has 264 valence electrons. The van der Waals surface area contributed by atoms with Gasteiger partial charge < -0.3 is 29.6 Å². The first-order valence-corrected chi connectivity index (χ1v) is 16.0. The van der Waals surface area contributed by atoms with Crippen LogP contribution in [0.4, 0.5) is 0 Å². The monoisotopic (exact) mass is 679 g/mol. The van der Waals surface area contributed by atoms with Crippen molar-refractivity contribution in [3.8, 4) is 0 Å². The summed E-state index contributed by atoms with van der Waals surface area (Å²) >= 11 is 0. The zero-order valence-electron chi connectivity index (χ0n) is 26.9. The fourth-order valence-corrected chi connectivity index (χ4v) is 8.54. The van der Waals surface area contributed by atoms with Crippen molar-refractivity contribution in [2.75, 3.05) is 26.4 Å². The number of ketones is 2. The lowest BCUT2D eigenvalue weighted by Gasteiger charge is -2.59. The highest BCUT2D eigenvalue weighted by molar-refractivity contribution is 6.01. The van der Waals surface area contributed by atoms with Crippen LogP contribution in [0.5, 0.6) is 0 Å². The molecule has 0 aliphatic heterocycles. The summed E-state index contributed by atoms with van der Waals surface area (Å²) in [6, 6.07) is 0. The second-order valence-corrected chi connectivity index (χ2v) is 13.2. The molecule has 17 nitrogen and oxygen atoms in total. The third-order valence-corrected chi connectivity index (χ3v) is 10.6. The lowest BCUT2D eigenvalue weighted by Crippen LogP contribution is -2.63. The van der Waals surface area contributed by atoms with Gasteiger partial charge in [0.2, 0.25) is 11.7 Å². The second kappa shape index (κ2) is 14.8. The number of esters is 2. The Morgan fingerprint density at radius 2 is 1.69 bits per heavy atom. The van der Waals surface area contributed by atoms with E-state index in [4.69, 9.17) is 9.47 Å². The quantitative estimate of drug-likeness (QED) is 0.102. The Labute approximate surface area is 275 Å². The molecule has 0 spiro atoms. The van der Waals surface area contributed by atoms with Crippen LogP contribution < -0.4 is 5.32 Å². The molecule has 3 saturated carbocycles. The Hall–Kier alpha value is -4.41. The number of Topliss-reactive ketones (excluding diaryl/α,β-unsaturated/α-hetero) is 1. The maximum Gasteiger partial charge on any atom is 0.325 e. The molecule has 4 aliphatic rings. The molecule has 0 aromatic rings. The van der Waals surface area contributed by atoms with Gasteiger partial charge in [0.25, 0.3) is 10.2 Å². The number of rotatable bonds is 16. The summed E-state index contributed by atoms with van der Waals surface area (Å²) < 4.78 is 11.2. The van der Waals surface area contributed by atoms with Crippen molar-refractivity contribution in [2.24, 2.45) is 28.6 Å². The van der Waals surface area contributed by atoms with Gasteiger partial charge in [-0.25, -0.2) is 0 Å². The summed E-state index contributed by atoms with van der Waals surface area (Å²) in [5.41, 5.74) is -2.48. The Morgan fingerprint density at radius 1 is 1.02 bits per heavy atom. The largest absolute Gasteiger partial charge is 0.456 e. The fourth-order valence-electron chi connectivity index (χ4n) is 8.54. The average Bonchev–Trinajstić information content (AvgIpc) is 3.31. The van der Waals surface area contributed by atoms with Crippen LogP contribution in [0.2, 0.25) is 0 Å². The van der Waals surface area contributed by atoms with Gasteiger partial charge in [0.05, 0.1) is 19.3 Å². The number of aliphatic hydroxyl groups is 1. The number of carbonyl (C=O) groups is 5. The molecule has 0 aromatic heterocycles. The van der Waals surface area contributed by atoms with E-state index in [9.17, 15) is 49.3 Å². The Balaban J connectivity index is 1.49. The maximum absolute atomic E-state index is 14.1. The number of hydrogen-bond acceptors (Lipinski definition) is 14. The number of carbonyl (C=O) groups excluding carboxylic acids is 5. The van der Waals surface area contributed by atoms with Crippen LogP contribution in [-0.2, 0) is 43.1 Å². The molecule has 0 radical (unpaired) electrons. The van der Waals surface area contributed by atoms with E-state index in [1.54, 1.807) is 13.0 Å². The molecular formula is C31H41N3O14. The highest BCUT2D eigenvalue weighted by Gasteiger charge is 2.70. The summed E-state index contributed by atoms with van der Waals surface area (Å²) in [6.07, 6.45) is 5.51. The van der Waals surface area contributed by atoms with Crippen LogP contribution in [0.1, 0.15) is 71.6 Å². The molecule has 4 aliphatic carbocycles. The van der Waals surface area contributed by atoms with Gasteiger partial charge in [0.15, 0.2) is 18.0 Å². The third-order valence-electron chi connectivity index (χ3n) is 10.6. The molecule has 48 heavy (non-hydrogen) atoms. The van der Waals surface area contributed by atoms with Crippen LogP contribution in [0.3, 0.4) is 0 Å². The van der Waals surface area contributed by atoms with E-state index >= 15 is 0 Å². The summed E-state index contributed by atoms with van der Waals surface area (Å²) in [6.45, 7) is 1.77. The van der Waals surface area contributed by atoms with E-state index in [-0.39, 0.29) is 75.3 Å². The molecule has 1 amide bonds. The van der Waals surface area contributed by atoms with Gasteiger partial charge >= 0.3 is 11.9 Å². The number of nitrogens with zero attached hydrogens (tertiary/aromatic N) is 2. The van der Waals surface area contributed by atoms with E-state index in [1.807, 2.05) is 13.0 Å². The van der Waals surface area contributed by atoms with Gasteiger partial charge in [-0.15, -0.1) is 20.2 Å². The van der Waals surface area contributed by atoms with Crippen molar-refractivity contribution in [2.45, 2.75) is 83.3 Å². The third kappa shape index (κ3) is 7.50. The van der Waals surface area contributed by atoms with Gasteiger partial charge in [-0.1, -0.05) is 25.5 Å². The zero-order chi connectivity index (χ0) is 35.3. The molecule has 3 fully saturated rings. The van der Waals surface area contributed by atoms with Crippen LogP contribution in [-0.4, -0.2) is 82.8 Å². The molecule has 2 unspecified atom stereocenters. The predicted molar refractivity (Wildman–Crippen MR) is 160 cm³/mol. The number of fused-ring (bicyclic) bond motifs is 5. The van der Waals surface area contributed by atoms with Gasteiger partial charge in [-0.05, 0) is 68.9 Å². The van der Waals surface area contributed by atoms with Crippen LogP contribution in [0.25, 0.3) is 0 Å². The number of amides is 1. The Bertz CT molecular complexity index is 1400. The zero-order valence-corrected chi connectivity index (χ0v) is 26.9. The van der Waals surface area contributed by atoms with Crippen molar-refractivity contribution < 1.29 is 58.4 Å². The van der Waals surface area contributed by atoms with Gasteiger partial charge in [0.1, 0.15) is 6.54 Å². The maximum atomic E-state index is 14.1. The molecule has 17 heteroatoms. The summed E-state index contributed by atoms with van der Waals surface area (Å²) in [4.78, 5) is 93.0. The fraction of sp³-hybridized carbons (Fsp3) is 0.710. The normalized spacial score (nSPS) is 31.6. The number of aliphatic hydroxyl groups excluding tert-OH is 1. The van der Waals surface area contributed by atoms with Gasteiger partial charge in [-0.2, -0.15) is 0 Å². The molecular weight excluding hydrogens is 638 g/mol. The van der Waals surface area contributed by atoms with Crippen LogP contribution >= 0.6 is 0 Å². The standard InChI is InChI=1S/C31H41N3O14/c1-29-11-9-20(35)15-19(29)7-8-21-22-10-12-31(30(22,2)16-23(36)28(21)29,48-26(39)6-4-14-47-34(43)44)24(37)18-45-27(40)17-32-25(38)5-3-13-46-33(41)42/h9,11,15,21-23,28,36H,3-8,10,12-14,16-18H2,1-2H3,(H,32,38)/t21?,22?,23-,28+,29-,30-,31-/m0/s1. The molecule has 2 N–H and O–H groups in total.